The molecule has 12 heavy (non-hydrogen) atoms. The lowest BCUT2D eigenvalue weighted by Gasteiger charge is -1.92. The van der Waals surface area contributed by atoms with E-state index in [1.165, 1.54) is 5.56 Å². The minimum absolute atomic E-state index is 0.734. The average Bonchev–Trinajstić information content (AvgIpc) is 2.43. The number of oxazole rings is 1. The van der Waals surface area contributed by atoms with E-state index >= 15 is 0 Å². The Balaban J connectivity index is 2.66. The number of rotatable bonds is 1. The summed E-state index contributed by atoms with van der Waals surface area (Å²) < 4.78 is 5.36. The highest BCUT2D eigenvalue weighted by Crippen LogP contribution is 2.12. The topological polar surface area (TPSA) is 26.0 Å². The van der Waals surface area contributed by atoms with Gasteiger partial charge in [0.25, 0.3) is 0 Å². The van der Waals surface area contributed by atoms with Crippen molar-refractivity contribution in [3.8, 4) is 0 Å². The first-order chi connectivity index (χ1) is 5.79. The fourth-order valence-corrected chi connectivity index (χ4v) is 1.31. The van der Waals surface area contributed by atoms with E-state index in [1.54, 1.807) is 0 Å². The lowest BCUT2D eigenvalue weighted by Crippen LogP contribution is -1.99. The second kappa shape index (κ2) is 2.66. The largest absolute Gasteiger partial charge is 0.452 e. The molecule has 0 radical (unpaired) electrons. The third-order valence-corrected chi connectivity index (χ3v) is 1.97. The summed E-state index contributed by atoms with van der Waals surface area (Å²) in [5.74, 6) is 0.734. The molecular formula is C9H10BNO. The fraction of sp³-hybridized carbons (Fsp3) is 0.222. The standard InChI is InChI=1S/C9H10BNO/c1-2-6-3-4-8-7(5-6)11-9(10)12-8/h3-5H,2,10H2,1H3. The van der Waals surface area contributed by atoms with E-state index in [2.05, 4.69) is 24.0 Å². The van der Waals surface area contributed by atoms with E-state index in [0.717, 1.165) is 23.3 Å². The zero-order valence-corrected chi connectivity index (χ0v) is 7.29. The number of hydrogen-bond donors (Lipinski definition) is 0. The SMILES string of the molecule is Bc1nc2cc(CC)ccc2o1. The van der Waals surface area contributed by atoms with Crippen LogP contribution in [-0.4, -0.2) is 12.8 Å². The molecule has 1 aromatic carbocycles. The molecule has 1 heterocycles. The minimum Gasteiger partial charge on any atom is -0.452 e. The Morgan fingerprint density at radius 2 is 2.33 bits per heavy atom. The molecule has 0 N–H and O–H groups in total. The molecule has 0 saturated carbocycles. The van der Waals surface area contributed by atoms with Gasteiger partial charge in [-0.2, -0.15) is 0 Å². The predicted molar refractivity (Wildman–Crippen MR) is 51.6 cm³/mol. The first kappa shape index (κ1) is 7.41. The van der Waals surface area contributed by atoms with Crippen LogP contribution in [0.1, 0.15) is 12.5 Å². The van der Waals surface area contributed by atoms with Gasteiger partial charge in [-0.1, -0.05) is 13.0 Å². The van der Waals surface area contributed by atoms with Gasteiger partial charge in [0.05, 0.1) is 0 Å². The Hall–Kier alpha value is -1.25. The summed E-state index contributed by atoms with van der Waals surface area (Å²) in [5, 5.41) is 0. The monoisotopic (exact) mass is 159 g/mol. The molecule has 0 aliphatic heterocycles. The summed E-state index contributed by atoms with van der Waals surface area (Å²) in [4.78, 5) is 4.26. The van der Waals surface area contributed by atoms with Crippen molar-refractivity contribution >= 4 is 24.7 Å². The highest BCUT2D eigenvalue weighted by atomic mass is 16.3. The zero-order valence-electron chi connectivity index (χ0n) is 7.29. The molecule has 2 rings (SSSR count). The Labute approximate surface area is 72.0 Å². The molecule has 0 aliphatic rings. The van der Waals surface area contributed by atoms with Gasteiger partial charge in [0.15, 0.2) is 5.58 Å². The summed E-state index contributed by atoms with van der Waals surface area (Å²) in [5.41, 5.74) is 3.15. The van der Waals surface area contributed by atoms with Crippen LogP contribution in [0.15, 0.2) is 22.6 Å². The van der Waals surface area contributed by atoms with Gasteiger partial charge in [-0.15, -0.1) is 0 Å². The van der Waals surface area contributed by atoms with Crippen molar-refractivity contribution in [2.75, 3.05) is 0 Å². The molecule has 0 fully saturated rings. The number of aryl methyl sites for hydroxylation is 1. The van der Waals surface area contributed by atoms with Crippen molar-refractivity contribution in [2.24, 2.45) is 0 Å². The average molecular weight is 159 g/mol. The second-order valence-corrected chi connectivity index (χ2v) is 2.89. The van der Waals surface area contributed by atoms with Crippen LogP contribution < -0.4 is 5.79 Å². The molecule has 0 atom stereocenters. The van der Waals surface area contributed by atoms with Crippen molar-refractivity contribution in [3.63, 3.8) is 0 Å². The number of fused-ring (bicyclic) bond motifs is 1. The lowest BCUT2D eigenvalue weighted by molar-refractivity contribution is 0.644. The third-order valence-electron chi connectivity index (χ3n) is 1.97. The van der Waals surface area contributed by atoms with E-state index in [9.17, 15) is 0 Å². The van der Waals surface area contributed by atoms with Gasteiger partial charge in [-0.25, -0.2) is 4.98 Å². The molecule has 2 aromatic rings. The lowest BCUT2D eigenvalue weighted by atomic mass is 10.1. The van der Waals surface area contributed by atoms with Gasteiger partial charge >= 0.3 is 0 Å². The number of nitrogens with zero attached hydrogens (tertiary/aromatic N) is 1. The molecule has 0 bridgehead atoms. The van der Waals surface area contributed by atoms with Crippen LogP contribution in [0.25, 0.3) is 11.1 Å². The maximum absolute atomic E-state index is 5.36. The van der Waals surface area contributed by atoms with Crippen LogP contribution in [0.4, 0.5) is 0 Å². The van der Waals surface area contributed by atoms with Gasteiger partial charge < -0.3 is 4.42 Å². The molecule has 3 heteroatoms. The van der Waals surface area contributed by atoms with E-state index in [0.29, 0.717) is 0 Å². The van der Waals surface area contributed by atoms with Crippen LogP contribution in [0, 0.1) is 0 Å². The summed E-state index contributed by atoms with van der Waals surface area (Å²) in [6, 6.07) is 6.13. The van der Waals surface area contributed by atoms with Crippen molar-refractivity contribution in [1.82, 2.24) is 4.98 Å². The Morgan fingerprint density at radius 1 is 1.50 bits per heavy atom. The first-order valence-electron chi connectivity index (χ1n) is 4.15. The van der Waals surface area contributed by atoms with Crippen molar-refractivity contribution in [3.05, 3.63) is 23.8 Å². The summed E-state index contributed by atoms with van der Waals surface area (Å²) in [6.45, 7) is 2.13. The van der Waals surface area contributed by atoms with E-state index in [4.69, 9.17) is 4.42 Å². The van der Waals surface area contributed by atoms with Gasteiger partial charge in [-0.3, -0.25) is 0 Å². The number of benzene rings is 1. The van der Waals surface area contributed by atoms with Gasteiger partial charge in [-0.05, 0) is 24.1 Å². The fourth-order valence-electron chi connectivity index (χ4n) is 1.31. The molecule has 2 nitrogen and oxygen atoms in total. The van der Waals surface area contributed by atoms with Gasteiger partial charge in [0, 0.05) is 0 Å². The van der Waals surface area contributed by atoms with Crippen molar-refractivity contribution < 1.29 is 4.42 Å². The van der Waals surface area contributed by atoms with Crippen LogP contribution in [0.5, 0.6) is 0 Å². The maximum Gasteiger partial charge on any atom is 0.212 e. The maximum atomic E-state index is 5.36. The second-order valence-electron chi connectivity index (χ2n) is 2.89. The normalized spacial score (nSPS) is 10.8. The highest BCUT2D eigenvalue weighted by molar-refractivity contribution is 6.28. The summed E-state index contributed by atoms with van der Waals surface area (Å²) >= 11 is 0. The summed E-state index contributed by atoms with van der Waals surface area (Å²) in [6.07, 6.45) is 1.04. The molecule has 1 aromatic heterocycles. The van der Waals surface area contributed by atoms with Gasteiger partial charge in [0.2, 0.25) is 7.85 Å². The zero-order chi connectivity index (χ0) is 8.55. The molecule has 0 spiro atoms. The Kier molecular flexibility index (Phi) is 1.64. The number of hydrogen-bond acceptors (Lipinski definition) is 2. The molecular weight excluding hydrogens is 149 g/mol. The smallest absolute Gasteiger partial charge is 0.212 e. The number of aromatic nitrogens is 1. The Bertz CT molecular complexity index is 408. The predicted octanol–water partition coefficient (Wildman–Crippen LogP) is 0.649. The van der Waals surface area contributed by atoms with E-state index < -0.39 is 0 Å². The van der Waals surface area contributed by atoms with Gasteiger partial charge in [0.1, 0.15) is 11.3 Å². The van der Waals surface area contributed by atoms with Crippen molar-refractivity contribution in [1.29, 1.82) is 0 Å². The summed E-state index contributed by atoms with van der Waals surface area (Å²) in [7, 11) is 1.87. The quantitative estimate of drug-likeness (QED) is 0.571. The highest BCUT2D eigenvalue weighted by Gasteiger charge is 2.00. The molecule has 0 unspecified atom stereocenters. The van der Waals surface area contributed by atoms with Crippen molar-refractivity contribution in [2.45, 2.75) is 13.3 Å². The molecule has 0 saturated heterocycles. The van der Waals surface area contributed by atoms with E-state index in [-0.39, 0.29) is 0 Å². The molecule has 0 amide bonds. The third kappa shape index (κ3) is 1.11. The van der Waals surface area contributed by atoms with Crippen LogP contribution in [0.2, 0.25) is 0 Å². The van der Waals surface area contributed by atoms with Crippen LogP contribution >= 0.6 is 0 Å². The van der Waals surface area contributed by atoms with Crippen LogP contribution in [-0.2, 0) is 6.42 Å². The van der Waals surface area contributed by atoms with E-state index in [1.807, 2.05) is 13.9 Å². The Morgan fingerprint density at radius 3 is 3.08 bits per heavy atom. The first-order valence-corrected chi connectivity index (χ1v) is 4.15. The minimum atomic E-state index is 0.734. The molecule has 60 valence electrons. The van der Waals surface area contributed by atoms with Crippen LogP contribution in [0.3, 0.4) is 0 Å². The molecule has 0 aliphatic carbocycles.